The Morgan fingerprint density at radius 2 is 2.05 bits per heavy atom. The summed E-state index contributed by atoms with van der Waals surface area (Å²) in [6.45, 7) is 0. The van der Waals surface area contributed by atoms with E-state index in [1.807, 2.05) is 18.2 Å². The van der Waals surface area contributed by atoms with Gasteiger partial charge in [0, 0.05) is 7.05 Å². The third-order valence-electron chi connectivity index (χ3n) is 2.90. The highest BCUT2D eigenvalue weighted by molar-refractivity contribution is 6.05. The lowest BCUT2D eigenvalue weighted by Crippen LogP contribution is -2.27. The van der Waals surface area contributed by atoms with Crippen LogP contribution in [0.4, 0.5) is 11.4 Å². The van der Waals surface area contributed by atoms with E-state index in [0.29, 0.717) is 22.8 Å². The molecule has 0 bridgehead atoms. The van der Waals surface area contributed by atoms with Crippen molar-refractivity contribution in [3.8, 4) is 5.75 Å². The highest BCUT2D eigenvalue weighted by atomic mass is 16.5. The zero-order chi connectivity index (χ0) is 14.5. The van der Waals surface area contributed by atoms with Gasteiger partial charge in [-0.3, -0.25) is 10.6 Å². The first-order valence-electron chi connectivity index (χ1n) is 6.01. The van der Waals surface area contributed by atoms with Crippen LogP contribution < -0.4 is 20.9 Å². The first-order chi connectivity index (χ1) is 9.67. The number of para-hydroxylation sites is 2. The largest absolute Gasteiger partial charge is 0.495 e. The number of anilines is 2. The molecule has 1 aromatic heterocycles. The number of nitrogen functional groups attached to an aromatic ring is 1. The van der Waals surface area contributed by atoms with E-state index >= 15 is 0 Å². The molecular formula is C14H16N4O2. The smallest absolute Gasteiger partial charge is 0.276 e. The number of hydrazine groups is 1. The fourth-order valence-corrected chi connectivity index (χ4v) is 1.79. The second-order valence-corrected chi connectivity index (χ2v) is 4.11. The second kappa shape index (κ2) is 6.03. The van der Waals surface area contributed by atoms with Gasteiger partial charge in [0.15, 0.2) is 0 Å². The Bertz CT molecular complexity index is 598. The molecule has 1 aromatic carbocycles. The van der Waals surface area contributed by atoms with Crippen LogP contribution in [0.15, 0.2) is 42.6 Å². The zero-order valence-electron chi connectivity index (χ0n) is 11.3. The number of aromatic nitrogens is 1. The Kier molecular flexibility index (Phi) is 4.17. The summed E-state index contributed by atoms with van der Waals surface area (Å²) >= 11 is 0. The van der Waals surface area contributed by atoms with Gasteiger partial charge in [-0.15, -0.1) is 0 Å². The van der Waals surface area contributed by atoms with Gasteiger partial charge in [0.1, 0.15) is 11.4 Å². The first kappa shape index (κ1) is 13.8. The molecule has 0 unspecified atom stereocenters. The van der Waals surface area contributed by atoms with E-state index in [9.17, 15) is 4.79 Å². The van der Waals surface area contributed by atoms with Crippen molar-refractivity contribution in [3.05, 3.63) is 48.3 Å². The summed E-state index contributed by atoms with van der Waals surface area (Å²) in [5.74, 6) is 5.67. The van der Waals surface area contributed by atoms with Crippen LogP contribution in [0.1, 0.15) is 10.5 Å². The fourth-order valence-electron chi connectivity index (χ4n) is 1.79. The Balaban J connectivity index is 2.27. The van der Waals surface area contributed by atoms with Gasteiger partial charge in [0.2, 0.25) is 0 Å². The van der Waals surface area contributed by atoms with Crippen LogP contribution in [-0.2, 0) is 0 Å². The summed E-state index contributed by atoms with van der Waals surface area (Å²) in [5, 5.41) is 0. The maximum absolute atomic E-state index is 12.4. The van der Waals surface area contributed by atoms with E-state index < -0.39 is 0 Å². The molecule has 20 heavy (non-hydrogen) atoms. The number of nitrogens with zero attached hydrogens (tertiary/aromatic N) is 2. The van der Waals surface area contributed by atoms with E-state index in [1.165, 1.54) is 11.1 Å². The monoisotopic (exact) mass is 272 g/mol. The summed E-state index contributed by atoms with van der Waals surface area (Å²) in [7, 11) is 3.24. The maximum atomic E-state index is 12.4. The molecule has 3 N–H and O–H groups in total. The molecule has 0 saturated carbocycles. The van der Waals surface area contributed by atoms with Crippen molar-refractivity contribution in [1.29, 1.82) is 0 Å². The highest BCUT2D eigenvalue weighted by Gasteiger charge is 2.17. The number of pyridine rings is 1. The minimum Gasteiger partial charge on any atom is -0.495 e. The molecule has 0 fully saturated rings. The van der Waals surface area contributed by atoms with Crippen LogP contribution in [0.5, 0.6) is 5.75 Å². The van der Waals surface area contributed by atoms with Gasteiger partial charge >= 0.3 is 0 Å². The molecule has 0 aliphatic rings. The first-order valence-corrected chi connectivity index (χ1v) is 6.01. The molecule has 1 heterocycles. The predicted molar refractivity (Wildman–Crippen MR) is 77.8 cm³/mol. The van der Waals surface area contributed by atoms with E-state index in [-0.39, 0.29) is 5.91 Å². The van der Waals surface area contributed by atoms with E-state index in [1.54, 1.807) is 32.4 Å². The number of nitrogens with one attached hydrogen (secondary N) is 1. The Morgan fingerprint density at radius 3 is 2.65 bits per heavy atom. The summed E-state index contributed by atoms with van der Waals surface area (Å²) in [6.07, 6.45) is 1.50. The van der Waals surface area contributed by atoms with Crippen molar-refractivity contribution >= 4 is 17.3 Å². The van der Waals surface area contributed by atoms with Gasteiger partial charge in [0.05, 0.1) is 24.7 Å². The molecule has 2 aromatic rings. The maximum Gasteiger partial charge on any atom is 0.276 e. The van der Waals surface area contributed by atoms with Gasteiger partial charge < -0.3 is 15.1 Å². The number of amides is 1. The highest BCUT2D eigenvalue weighted by Crippen LogP contribution is 2.27. The lowest BCUT2D eigenvalue weighted by atomic mass is 10.2. The molecule has 0 saturated heterocycles. The molecule has 0 radical (unpaired) electrons. The normalized spacial score (nSPS) is 9.95. The number of carbonyl (C=O) groups is 1. The number of benzene rings is 1. The van der Waals surface area contributed by atoms with Crippen LogP contribution in [-0.4, -0.2) is 25.0 Å². The SMILES string of the molecule is COc1ccccc1N(C)C(=O)c1ccc(NN)cn1. The van der Waals surface area contributed by atoms with Crippen LogP contribution in [0.25, 0.3) is 0 Å². The minimum absolute atomic E-state index is 0.224. The minimum atomic E-state index is -0.224. The van der Waals surface area contributed by atoms with Crippen molar-refractivity contribution in [2.45, 2.75) is 0 Å². The topological polar surface area (TPSA) is 80.5 Å². The molecule has 104 valence electrons. The van der Waals surface area contributed by atoms with Gasteiger partial charge in [-0.25, -0.2) is 4.98 Å². The van der Waals surface area contributed by atoms with Crippen LogP contribution in [0.3, 0.4) is 0 Å². The molecule has 2 rings (SSSR count). The quantitative estimate of drug-likeness (QED) is 0.653. The fraction of sp³-hybridized carbons (Fsp3) is 0.143. The van der Waals surface area contributed by atoms with Crippen molar-refractivity contribution in [1.82, 2.24) is 4.98 Å². The van der Waals surface area contributed by atoms with Crippen molar-refractivity contribution < 1.29 is 9.53 Å². The van der Waals surface area contributed by atoms with Crippen LogP contribution in [0.2, 0.25) is 0 Å². The molecule has 6 nitrogen and oxygen atoms in total. The standard InChI is InChI=1S/C14H16N4O2/c1-18(12-5-3-4-6-13(12)20-2)14(19)11-8-7-10(17-15)9-16-11/h3-9,17H,15H2,1-2H3. The summed E-state index contributed by atoms with van der Waals surface area (Å²) < 4.78 is 5.25. The van der Waals surface area contributed by atoms with Crippen molar-refractivity contribution in [2.75, 3.05) is 24.5 Å². The second-order valence-electron chi connectivity index (χ2n) is 4.11. The van der Waals surface area contributed by atoms with E-state index in [0.717, 1.165) is 0 Å². The predicted octanol–water partition coefficient (Wildman–Crippen LogP) is 1.65. The van der Waals surface area contributed by atoms with Crippen LogP contribution in [0, 0.1) is 0 Å². The van der Waals surface area contributed by atoms with Gasteiger partial charge in [-0.05, 0) is 24.3 Å². The van der Waals surface area contributed by atoms with Crippen molar-refractivity contribution in [3.63, 3.8) is 0 Å². The van der Waals surface area contributed by atoms with E-state index in [4.69, 9.17) is 10.6 Å². The van der Waals surface area contributed by atoms with Gasteiger partial charge in [0.25, 0.3) is 5.91 Å². The lowest BCUT2D eigenvalue weighted by Gasteiger charge is -2.19. The number of methoxy groups -OCH3 is 1. The third kappa shape index (κ3) is 2.70. The number of rotatable bonds is 4. The lowest BCUT2D eigenvalue weighted by molar-refractivity contribution is 0.0987. The molecule has 0 aliphatic heterocycles. The summed E-state index contributed by atoms with van der Waals surface area (Å²) in [5.41, 5.74) is 4.12. The summed E-state index contributed by atoms with van der Waals surface area (Å²) in [6, 6.07) is 10.6. The molecule has 6 heteroatoms. The van der Waals surface area contributed by atoms with Gasteiger partial charge in [-0.2, -0.15) is 0 Å². The number of carbonyl (C=O) groups excluding carboxylic acids is 1. The number of nitrogens with two attached hydrogens (primary N) is 1. The van der Waals surface area contributed by atoms with Crippen LogP contribution >= 0.6 is 0 Å². The Morgan fingerprint density at radius 1 is 1.30 bits per heavy atom. The number of hydrogen-bond acceptors (Lipinski definition) is 5. The number of ether oxygens (including phenoxy) is 1. The Labute approximate surface area is 117 Å². The molecule has 0 atom stereocenters. The van der Waals surface area contributed by atoms with Crippen molar-refractivity contribution in [2.24, 2.45) is 5.84 Å². The molecule has 0 spiro atoms. The van der Waals surface area contributed by atoms with Gasteiger partial charge in [-0.1, -0.05) is 12.1 Å². The molecule has 0 aliphatic carbocycles. The summed E-state index contributed by atoms with van der Waals surface area (Å²) in [4.78, 5) is 17.9. The zero-order valence-corrected chi connectivity index (χ0v) is 11.3. The molecule has 1 amide bonds. The average Bonchev–Trinajstić information content (AvgIpc) is 2.53. The van der Waals surface area contributed by atoms with E-state index in [2.05, 4.69) is 10.4 Å². The number of hydrogen-bond donors (Lipinski definition) is 2. The Hall–Kier alpha value is -2.60. The average molecular weight is 272 g/mol. The third-order valence-corrected chi connectivity index (χ3v) is 2.90. The molecular weight excluding hydrogens is 256 g/mol.